The van der Waals surface area contributed by atoms with Crippen molar-refractivity contribution in [3.05, 3.63) is 101 Å². The summed E-state index contributed by atoms with van der Waals surface area (Å²) in [6.07, 6.45) is -1.84. The molecule has 0 aromatic heterocycles. The number of halogens is 3. The third kappa shape index (κ3) is 5.29. The molecule has 1 unspecified atom stereocenters. The number of rotatable bonds is 6. The molecule has 0 bridgehead atoms. The summed E-state index contributed by atoms with van der Waals surface area (Å²) >= 11 is 0. The van der Waals surface area contributed by atoms with Crippen molar-refractivity contribution in [1.82, 2.24) is 4.90 Å². The lowest BCUT2D eigenvalue weighted by molar-refractivity contribution is -0.133. The third-order valence-corrected chi connectivity index (χ3v) is 7.68. The first kappa shape index (κ1) is 27.3. The second kappa shape index (κ2) is 10.6. The molecule has 0 radical (unpaired) electrons. The zero-order chi connectivity index (χ0) is 27.8. The van der Waals surface area contributed by atoms with Crippen molar-refractivity contribution in [3.63, 3.8) is 0 Å². The van der Waals surface area contributed by atoms with Crippen molar-refractivity contribution in [2.75, 3.05) is 6.54 Å². The maximum absolute atomic E-state index is 15.5. The van der Waals surface area contributed by atoms with E-state index in [4.69, 9.17) is 5.73 Å². The van der Waals surface area contributed by atoms with Gasteiger partial charge in [0.1, 0.15) is 23.8 Å². The van der Waals surface area contributed by atoms with E-state index in [-0.39, 0.29) is 5.56 Å². The molecule has 0 spiro atoms. The van der Waals surface area contributed by atoms with Crippen LogP contribution in [0.2, 0.25) is 0 Å². The van der Waals surface area contributed by atoms with Crippen LogP contribution < -0.4 is 5.73 Å². The van der Waals surface area contributed by atoms with Crippen molar-refractivity contribution in [1.29, 1.82) is 5.26 Å². The highest BCUT2D eigenvalue weighted by molar-refractivity contribution is 7.85. The molecule has 1 amide bonds. The number of likely N-dealkylation sites (tertiary alicyclic amines) is 1. The van der Waals surface area contributed by atoms with Crippen LogP contribution in [0, 0.1) is 29.9 Å². The summed E-state index contributed by atoms with van der Waals surface area (Å²) < 4.78 is 76.4. The van der Waals surface area contributed by atoms with Crippen LogP contribution in [0.25, 0.3) is 0 Å². The molecule has 11 heteroatoms. The summed E-state index contributed by atoms with van der Waals surface area (Å²) in [5, 5.41) is 9.97. The molecule has 3 N–H and O–H groups in total. The minimum Gasteiger partial charge on any atom is -0.322 e. The Bertz CT molecular complexity index is 1450. The van der Waals surface area contributed by atoms with Gasteiger partial charge in [0.05, 0.1) is 29.5 Å². The molecule has 7 nitrogen and oxygen atoms in total. The van der Waals surface area contributed by atoms with Gasteiger partial charge in [0.2, 0.25) is 5.91 Å². The van der Waals surface area contributed by atoms with Crippen LogP contribution in [-0.2, 0) is 14.9 Å². The molecule has 4 atom stereocenters. The molecule has 38 heavy (non-hydrogen) atoms. The third-order valence-electron chi connectivity index (χ3n) is 6.76. The molecule has 1 aliphatic heterocycles. The van der Waals surface area contributed by atoms with Crippen LogP contribution in [-0.4, -0.2) is 48.6 Å². The van der Waals surface area contributed by atoms with Crippen LogP contribution in [0.5, 0.6) is 0 Å². The smallest absolute Gasteiger partial charge is 0.294 e. The minimum absolute atomic E-state index is 0.121. The number of nitrogens with zero attached hydrogens (tertiary/aromatic N) is 2. The average Bonchev–Trinajstić information content (AvgIpc) is 3.21. The Hall–Kier alpha value is -3.72. The first-order valence-electron chi connectivity index (χ1n) is 11.6. The van der Waals surface area contributed by atoms with Crippen molar-refractivity contribution in [2.45, 2.75) is 41.9 Å². The summed E-state index contributed by atoms with van der Waals surface area (Å²) in [4.78, 5) is 14.1. The molecule has 4 rings (SSSR count). The monoisotopic (exact) mass is 543 g/mol. The summed E-state index contributed by atoms with van der Waals surface area (Å²) in [7, 11) is -4.75. The lowest BCUT2D eigenvalue weighted by atomic mass is 9.84. The normalized spacial score (nSPS) is 20.4. The second-order valence-corrected chi connectivity index (χ2v) is 10.6. The van der Waals surface area contributed by atoms with Gasteiger partial charge >= 0.3 is 0 Å². The number of amides is 1. The van der Waals surface area contributed by atoms with Crippen LogP contribution in [0.3, 0.4) is 0 Å². The molecular weight excluding hydrogens is 519 g/mol. The fourth-order valence-corrected chi connectivity index (χ4v) is 5.73. The molecule has 1 heterocycles. The van der Waals surface area contributed by atoms with Gasteiger partial charge in [-0.1, -0.05) is 42.0 Å². The largest absolute Gasteiger partial charge is 0.322 e. The van der Waals surface area contributed by atoms with Gasteiger partial charge < -0.3 is 10.6 Å². The minimum atomic E-state index is -4.75. The number of aryl methyl sites for hydroxylation is 1. The number of nitriles is 1. The number of hydrogen-bond donors (Lipinski definition) is 2. The second-order valence-electron chi connectivity index (χ2n) is 9.23. The summed E-state index contributed by atoms with van der Waals surface area (Å²) in [6.45, 7) is 1.09. The highest BCUT2D eigenvalue weighted by atomic mass is 32.2. The number of benzene rings is 3. The van der Waals surface area contributed by atoms with Gasteiger partial charge in [-0.05, 0) is 53.9 Å². The van der Waals surface area contributed by atoms with Gasteiger partial charge in [-0.25, -0.2) is 13.2 Å². The van der Waals surface area contributed by atoms with E-state index in [9.17, 15) is 31.8 Å². The molecule has 198 valence electrons. The van der Waals surface area contributed by atoms with E-state index in [0.717, 1.165) is 11.0 Å². The Labute approximate surface area is 218 Å². The lowest BCUT2D eigenvalue weighted by Gasteiger charge is -2.30. The Balaban J connectivity index is 1.74. The fourth-order valence-electron chi connectivity index (χ4n) is 4.99. The number of nitrogens with two attached hydrogens (primary N) is 1. The maximum Gasteiger partial charge on any atom is 0.294 e. The SMILES string of the molecule is Cc1ccc(S(=O)(=O)O)c(C2[C@H](F)CN(C(=O)[C@@H](N)C(c3ccc(F)cc3)c3ccc(F)cc3)[C@@H]2C#N)c1. The van der Waals surface area contributed by atoms with Gasteiger partial charge in [-0.2, -0.15) is 13.7 Å². The van der Waals surface area contributed by atoms with Crippen LogP contribution in [0.1, 0.15) is 34.1 Å². The van der Waals surface area contributed by atoms with Crippen molar-refractivity contribution in [3.8, 4) is 6.07 Å². The van der Waals surface area contributed by atoms with Crippen LogP contribution in [0.15, 0.2) is 71.6 Å². The average molecular weight is 544 g/mol. The lowest BCUT2D eigenvalue weighted by Crippen LogP contribution is -2.49. The highest BCUT2D eigenvalue weighted by Gasteiger charge is 2.49. The van der Waals surface area contributed by atoms with E-state index in [1.807, 2.05) is 6.07 Å². The highest BCUT2D eigenvalue weighted by Crippen LogP contribution is 2.40. The molecule has 1 aliphatic rings. The summed E-state index contributed by atoms with van der Waals surface area (Å²) in [5.74, 6) is -4.12. The topological polar surface area (TPSA) is 124 Å². The predicted octanol–water partition coefficient (Wildman–Crippen LogP) is 3.84. The molecule has 1 saturated heterocycles. The number of carbonyl (C=O) groups is 1. The Morgan fingerprint density at radius 3 is 2.05 bits per heavy atom. The summed E-state index contributed by atoms with van der Waals surface area (Å²) in [5.41, 5.74) is 7.72. The first-order valence-corrected chi connectivity index (χ1v) is 13.0. The molecule has 1 fully saturated rings. The number of alkyl halides is 1. The molecule has 3 aromatic rings. The van der Waals surface area contributed by atoms with Gasteiger partial charge in [0.25, 0.3) is 10.1 Å². The van der Waals surface area contributed by atoms with Crippen molar-refractivity contribution >= 4 is 16.0 Å². The van der Waals surface area contributed by atoms with Crippen LogP contribution >= 0.6 is 0 Å². The van der Waals surface area contributed by atoms with Gasteiger partial charge in [0.15, 0.2) is 0 Å². The zero-order valence-corrected chi connectivity index (χ0v) is 20.9. The zero-order valence-electron chi connectivity index (χ0n) is 20.1. The van der Waals surface area contributed by atoms with Gasteiger partial charge in [-0.15, -0.1) is 0 Å². The number of carbonyl (C=O) groups excluding carboxylic acids is 1. The Kier molecular flexibility index (Phi) is 7.60. The van der Waals surface area contributed by atoms with E-state index in [1.54, 1.807) is 6.92 Å². The Morgan fingerprint density at radius 2 is 1.58 bits per heavy atom. The quantitative estimate of drug-likeness (QED) is 0.456. The Morgan fingerprint density at radius 1 is 1.05 bits per heavy atom. The van der Waals surface area contributed by atoms with E-state index >= 15 is 4.39 Å². The van der Waals surface area contributed by atoms with E-state index in [1.165, 1.54) is 60.7 Å². The van der Waals surface area contributed by atoms with Gasteiger partial charge in [0, 0.05) is 5.92 Å². The molecule has 0 aliphatic carbocycles. The van der Waals surface area contributed by atoms with Gasteiger partial charge in [-0.3, -0.25) is 9.35 Å². The maximum atomic E-state index is 15.5. The predicted molar refractivity (Wildman–Crippen MR) is 132 cm³/mol. The summed E-state index contributed by atoms with van der Waals surface area (Å²) in [6, 6.07) is 13.4. The fraction of sp³-hybridized carbons (Fsp3) is 0.259. The van der Waals surface area contributed by atoms with Crippen molar-refractivity contribution < 1.29 is 30.9 Å². The van der Waals surface area contributed by atoms with E-state index in [2.05, 4.69) is 0 Å². The van der Waals surface area contributed by atoms with Crippen LogP contribution in [0.4, 0.5) is 13.2 Å². The van der Waals surface area contributed by atoms with E-state index < -0.39 is 69.2 Å². The van der Waals surface area contributed by atoms with Crippen molar-refractivity contribution in [2.24, 2.45) is 5.73 Å². The standard InChI is InChI=1S/C27H24F3N3O4S/c1-15-2-11-23(38(35,36)37)20(12-15)25-21(30)14-33(22(25)13-31)27(34)26(32)24(16-3-7-18(28)8-4-16)17-5-9-19(29)10-6-17/h2-12,21-22,24-26H,14,32H2,1H3,(H,35,36,37)/t21-,22-,25?,26+/m1/s1. The first-order chi connectivity index (χ1) is 17.9. The molecule has 0 saturated carbocycles. The number of hydrogen-bond acceptors (Lipinski definition) is 5. The molecular formula is C27H24F3N3O4S. The van der Waals surface area contributed by atoms with E-state index in [0.29, 0.717) is 16.7 Å². The molecule has 3 aromatic carbocycles.